The molecule has 1 heterocycles. The van der Waals surface area contributed by atoms with E-state index in [2.05, 4.69) is 50.7 Å². The molecule has 1 fully saturated rings. The maximum Gasteiger partial charge on any atom is 0.211 e. The molecule has 1 saturated heterocycles. The van der Waals surface area contributed by atoms with E-state index in [4.69, 9.17) is 0 Å². The van der Waals surface area contributed by atoms with Gasteiger partial charge in [0.1, 0.15) is 0 Å². The Balaban J connectivity index is 2.16. The Morgan fingerprint density at radius 1 is 1.08 bits per heavy atom. The van der Waals surface area contributed by atoms with Crippen LogP contribution in [0.5, 0.6) is 0 Å². The highest BCUT2D eigenvalue weighted by molar-refractivity contribution is 7.89. The summed E-state index contributed by atoms with van der Waals surface area (Å²) < 4.78 is 27.5. The molecule has 26 heavy (non-hydrogen) atoms. The molecular formula is C19H34N4O2S. The Kier molecular flexibility index (Phi) is 7.46. The molecule has 7 heteroatoms. The van der Waals surface area contributed by atoms with Gasteiger partial charge in [-0.1, -0.05) is 26.0 Å². The summed E-state index contributed by atoms with van der Waals surface area (Å²) in [4.78, 5) is 6.77. The van der Waals surface area contributed by atoms with Crippen LogP contribution in [0.3, 0.4) is 0 Å². The van der Waals surface area contributed by atoms with Crippen molar-refractivity contribution in [2.24, 2.45) is 5.92 Å². The predicted octanol–water partition coefficient (Wildman–Crippen LogP) is 1.62. The largest absolute Gasteiger partial charge is 0.378 e. The maximum atomic E-state index is 12.3. The summed E-state index contributed by atoms with van der Waals surface area (Å²) in [5, 5.41) is 0. The zero-order chi connectivity index (χ0) is 19.3. The van der Waals surface area contributed by atoms with Crippen molar-refractivity contribution in [1.29, 1.82) is 0 Å². The van der Waals surface area contributed by atoms with Crippen molar-refractivity contribution >= 4 is 15.7 Å². The van der Waals surface area contributed by atoms with Gasteiger partial charge in [0.2, 0.25) is 10.0 Å². The summed E-state index contributed by atoms with van der Waals surface area (Å²) >= 11 is 0. The van der Waals surface area contributed by atoms with Crippen LogP contribution in [0.15, 0.2) is 24.3 Å². The fourth-order valence-corrected chi connectivity index (χ4v) is 4.70. The van der Waals surface area contributed by atoms with Crippen molar-refractivity contribution in [1.82, 2.24) is 14.5 Å². The van der Waals surface area contributed by atoms with Gasteiger partial charge in [-0.15, -0.1) is 0 Å². The van der Waals surface area contributed by atoms with E-state index < -0.39 is 10.0 Å². The molecule has 0 spiro atoms. The Bertz CT molecular complexity index is 651. The fourth-order valence-electron chi connectivity index (χ4n) is 3.29. The third kappa shape index (κ3) is 6.23. The maximum absolute atomic E-state index is 12.3. The fraction of sp³-hybridized carbons (Fsp3) is 0.684. The van der Waals surface area contributed by atoms with Crippen LogP contribution in [0, 0.1) is 5.92 Å². The van der Waals surface area contributed by atoms with E-state index in [1.54, 1.807) is 0 Å². The number of benzene rings is 1. The lowest BCUT2D eigenvalue weighted by atomic mass is 10.0. The summed E-state index contributed by atoms with van der Waals surface area (Å²) in [7, 11) is 2.92. The number of sulfonamides is 1. The number of anilines is 1. The highest BCUT2D eigenvalue weighted by atomic mass is 32.2. The smallest absolute Gasteiger partial charge is 0.211 e. The number of likely N-dealkylation sites (N-methyl/N-ethyl adjacent to an activating group) is 1. The second-order valence-corrected chi connectivity index (χ2v) is 9.72. The molecule has 6 nitrogen and oxygen atoms in total. The summed E-state index contributed by atoms with van der Waals surface area (Å²) in [6.07, 6.45) is 0. The number of rotatable bonds is 8. The van der Waals surface area contributed by atoms with Crippen molar-refractivity contribution in [3.63, 3.8) is 0 Å². The Labute approximate surface area is 159 Å². The van der Waals surface area contributed by atoms with E-state index in [-0.39, 0.29) is 17.7 Å². The summed E-state index contributed by atoms with van der Waals surface area (Å²) in [5.41, 5.74) is 2.30. The second-order valence-electron chi connectivity index (χ2n) is 7.86. The van der Waals surface area contributed by atoms with Gasteiger partial charge in [-0.25, -0.2) is 13.1 Å². The Morgan fingerprint density at radius 3 is 2.15 bits per heavy atom. The number of hydrogen-bond donors (Lipinski definition) is 1. The Hall–Kier alpha value is -1.15. The first-order valence-electron chi connectivity index (χ1n) is 9.35. The van der Waals surface area contributed by atoms with Crippen LogP contribution in [-0.2, 0) is 10.0 Å². The molecular weight excluding hydrogens is 348 g/mol. The monoisotopic (exact) mass is 382 g/mol. The van der Waals surface area contributed by atoms with Gasteiger partial charge in [0.25, 0.3) is 0 Å². The van der Waals surface area contributed by atoms with Crippen molar-refractivity contribution in [3.8, 4) is 0 Å². The molecule has 1 aliphatic heterocycles. The first-order chi connectivity index (χ1) is 12.2. The van der Waals surface area contributed by atoms with E-state index in [0.29, 0.717) is 6.54 Å². The lowest BCUT2D eigenvalue weighted by Gasteiger charge is -2.38. The molecule has 0 unspecified atom stereocenters. The van der Waals surface area contributed by atoms with E-state index >= 15 is 0 Å². The lowest BCUT2D eigenvalue weighted by Crippen LogP contribution is -2.48. The summed E-state index contributed by atoms with van der Waals surface area (Å²) in [6, 6.07) is 8.49. The predicted molar refractivity (Wildman–Crippen MR) is 109 cm³/mol. The molecule has 1 aromatic rings. The number of nitrogens with zero attached hydrogens (tertiary/aromatic N) is 3. The van der Waals surface area contributed by atoms with Gasteiger partial charge in [0.05, 0.1) is 5.75 Å². The molecule has 0 radical (unpaired) electrons. The van der Waals surface area contributed by atoms with E-state index in [9.17, 15) is 8.42 Å². The highest BCUT2D eigenvalue weighted by Gasteiger charge is 2.25. The lowest BCUT2D eigenvalue weighted by molar-refractivity contribution is 0.113. The van der Waals surface area contributed by atoms with Gasteiger partial charge >= 0.3 is 0 Å². The SMILES string of the molecule is CC(C)CS(=O)(=O)NC[C@@H](c1ccc(N(C)C)cc1)N1CCN(C)CC1. The van der Waals surface area contributed by atoms with Crippen LogP contribution in [0.1, 0.15) is 25.5 Å². The number of nitrogens with one attached hydrogen (secondary N) is 1. The van der Waals surface area contributed by atoms with Crippen molar-refractivity contribution in [3.05, 3.63) is 29.8 Å². The molecule has 0 aliphatic carbocycles. The average Bonchev–Trinajstić information content (AvgIpc) is 2.55. The first kappa shape index (κ1) is 21.2. The van der Waals surface area contributed by atoms with Crippen LogP contribution < -0.4 is 9.62 Å². The first-order valence-corrected chi connectivity index (χ1v) is 11.0. The summed E-state index contributed by atoms with van der Waals surface area (Å²) in [6.45, 7) is 8.18. The molecule has 148 valence electrons. The molecule has 1 aliphatic rings. The average molecular weight is 383 g/mol. The van der Waals surface area contributed by atoms with Gasteiger partial charge in [0.15, 0.2) is 0 Å². The second kappa shape index (κ2) is 9.17. The normalized spacial score (nSPS) is 18.2. The minimum absolute atomic E-state index is 0.0573. The van der Waals surface area contributed by atoms with Gasteiger partial charge in [-0.3, -0.25) is 4.90 Å². The van der Waals surface area contributed by atoms with Gasteiger partial charge < -0.3 is 9.80 Å². The molecule has 1 atom stereocenters. The number of piperazine rings is 1. The minimum Gasteiger partial charge on any atom is -0.378 e. The van der Waals surface area contributed by atoms with Crippen molar-refractivity contribution in [2.75, 3.05) is 64.5 Å². The van der Waals surface area contributed by atoms with Gasteiger partial charge in [-0.05, 0) is 30.7 Å². The zero-order valence-electron chi connectivity index (χ0n) is 16.8. The number of hydrogen-bond acceptors (Lipinski definition) is 5. The molecule has 1 aromatic carbocycles. The zero-order valence-corrected chi connectivity index (χ0v) is 17.6. The topological polar surface area (TPSA) is 55.9 Å². The standard InChI is InChI=1S/C19H34N4O2S/c1-16(2)15-26(24,25)20-14-19(23-12-10-22(5)11-13-23)17-6-8-18(9-7-17)21(3)4/h6-9,16,19-20H,10-15H2,1-5H3/t19-/m0/s1. The Morgan fingerprint density at radius 2 is 1.65 bits per heavy atom. The van der Waals surface area contributed by atoms with E-state index in [0.717, 1.165) is 37.4 Å². The summed E-state index contributed by atoms with van der Waals surface area (Å²) in [5.74, 6) is 0.288. The quantitative estimate of drug-likeness (QED) is 0.740. The third-order valence-electron chi connectivity index (χ3n) is 4.82. The van der Waals surface area contributed by atoms with Gasteiger partial charge in [0, 0.05) is 58.5 Å². The van der Waals surface area contributed by atoms with Crippen LogP contribution in [0.25, 0.3) is 0 Å². The molecule has 0 saturated carbocycles. The minimum atomic E-state index is -3.25. The third-order valence-corrected chi connectivity index (χ3v) is 6.53. The van der Waals surface area contributed by atoms with Crippen LogP contribution in [0.2, 0.25) is 0 Å². The van der Waals surface area contributed by atoms with Crippen molar-refractivity contribution in [2.45, 2.75) is 19.9 Å². The molecule has 2 rings (SSSR count). The van der Waals surface area contributed by atoms with Crippen LogP contribution in [-0.4, -0.2) is 77.8 Å². The van der Waals surface area contributed by atoms with E-state index in [1.165, 1.54) is 0 Å². The molecule has 0 amide bonds. The molecule has 1 N–H and O–H groups in total. The van der Waals surface area contributed by atoms with Gasteiger partial charge in [-0.2, -0.15) is 0 Å². The van der Waals surface area contributed by atoms with Crippen LogP contribution >= 0.6 is 0 Å². The molecule has 0 bridgehead atoms. The molecule has 0 aromatic heterocycles. The van der Waals surface area contributed by atoms with Crippen LogP contribution in [0.4, 0.5) is 5.69 Å². The van der Waals surface area contributed by atoms with Crippen molar-refractivity contribution < 1.29 is 8.42 Å². The highest BCUT2D eigenvalue weighted by Crippen LogP contribution is 2.24. The van der Waals surface area contributed by atoms with E-state index in [1.807, 2.05) is 27.9 Å².